The largest absolute Gasteiger partial charge is 0.497 e. The predicted octanol–water partition coefficient (Wildman–Crippen LogP) is 4.36. The molecule has 2 aromatic carbocycles. The van der Waals surface area contributed by atoms with E-state index in [9.17, 15) is 4.79 Å². The molecule has 118 valence electrons. The molecule has 0 fully saturated rings. The number of pyridine rings is 1. The number of fused-ring (bicyclic) bond motifs is 1. The minimum absolute atomic E-state index is 0. The van der Waals surface area contributed by atoms with Gasteiger partial charge < -0.3 is 4.74 Å². The molecule has 0 aliphatic rings. The van der Waals surface area contributed by atoms with Crippen molar-refractivity contribution < 1.29 is 14.1 Å². The number of ether oxygens (including phenoxy) is 1. The van der Waals surface area contributed by atoms with Crippen molar-refractivity contribution in [1.82, 2.24) is 0 Å². The lowest BCUT2D eigenvalue weighted by Gasteiger charge is -2.04. The number of hydrogen-bond acceptors (Lipinski definition) is 2. The Morgan fingerprint density at radius 2 is 1.87 bits per heavy atom. The average molecular weight is 438 g/mol. The van der Waals surface area contributed by atoms with Crippen LogP contribution in [0.2, 0.25) is 0 Å². The zero-order chi connectivity index (χ0) is 15.5. The molecule has 3 rings (SSSR count). The van der Waals surface area contributed by atoms with Gasteiger partial charge in [0.25, 0.3) is 0 Å². The first-order valence-electron chi connectivity index (χ1n) is 6.92. The van der Waals surface area contributed by atoms with E-state index >= 15 is 0 Å². The van der Waals surface area contributed by atoms with Gasteiger partial charge in [-0.05, 0) is 30.3 Å². The molecule has 0 saturated carbocycles. The van der Waals surface area contributed by atoms with Gasteiger partial charge in [0.05, 0.1) is 12.5 Å². The van der Waals surface area contributed by atoms with E-state index in [1.807, 2.05) is 65.4 Å². The number of ketones is 1. The van der Waals surface area contributed by atoms with Gasteiger partial charge in [-0.2, -0.15) is 4.57 Å². The molecule has 0 aliphatic heterocycles. The Hall–Kier alpha value is -1.72. The normalized spacial score (nSPS) is 10.2. The second-order valence-corrected chi connectivity index (χ2v) is 5.91. The zero-order valence-electron chi connectivity index (χ0n) is 12.5. The van der Waals surface area contributed by atoms with E-state index in [1.165, 1.54) is 0 Å². The Morgan fingerprint density at radius 3 is 2.57 bits per heavy atom. The summed E-state index contributed by atoms with van der Waals surface area (Å²) in [4.78, 5) is 12.4. The third kappa shape index (κ3) is 3.98. The van der Waals surface area contributed by atoms with Gasteiger partial charge in [0.15, 0.2) is 6.20 Å². The van der Waals surface area contributed by atoms with E-state index < -0.39 is 0 Å². The monoisotopic (exact) mass is 436 g/mol. The van der Waals surface area contributed by atoms with Crippen molar-refractivity contribution in [3.63, 3.8) is 0 Å². The molecular weight excluding hydrogens is 422 g/mol. The van der Waals surface area contributed by atoms with Crippen molar-refractivity contribution in [3.8, 4) is 5.75 Å². The van der Waals surface area contributed by atoms with Gasteiger partial charge in [-0.25, -0.2) is 0 Å². The highest BCUT2D eigenvalue weighted by atomic mass is 79.9. The summed E-state index contributed by atoms with van der Waals surface area (Å²) in [5.74, 6) is 0.894. The highest BCUT2D eigenvalue weighted by molar-refractivity contribution is 9.10. The van der Waals surface area contributed by atoms with Crippen LogP contribution >= 0.6 is 32.9 Å². The molecule has 1 heterocycles. The Labute approximate surface area is 153 Å². The number of carbonyl (C=O) groups is 1. The number of methoxy groups -OCH3 is 1. The number of hydrogen-bond donors (Lipinski definition) is 0. The van der Waals surface area contributed by atoms with Crippen LogP contribution in [0.15, 0.2) is 65.3 Å². The number of aromatic nitrogens is 1. The van der Waals surface area contributed by atoms with Crippen molar-refractivity contribution in [1.29, 1.82) is 0 Å². The molecule has 3 nitrogen and oxygen atoms in total. The molecule has 23 heavy (non-hydrogen) atoms. The quantitative estimate of drug-likeness (QED) is 0.448. The Bertz CT molecular complexity index is 832. The van der Waals surface area contributed by atoms with Crippen LogP contribution < -0.4 is 9.30 Å². The maximum Gasteiger partial charge on any atom is 0.227 e. The minimum atomic E-state index is 0. The third-order valence-electron chi connectivity index (χ3n) is 3.57. The highest BCUT2D eigenvalue weighted by Gasteiger charge is 2.15. The summed E-state index contributed by atoms with van der Waals surface area (Å²) < 4.78 is 8.17. The predicted molar refractivity (Wildman–Crippen MR) is 99.5 cm³/mol. The average Bonchev–Trinajstić information content (AvgIpc) is 2.55. The van der Waals surface area contributed by atoms with Gasteiger partial charge in [0.2, 0.25) is 17.8 Å². The fraction of sp³-hybridized carbons (Fsp3) is 0.111. The molecule has 0 amide bonds. The van der Waals surface area contributed by atoms with Crippen LogP contribution in [0.4, 0.5) is 0 Å². The van der Waals surface area contributed by atoms with E-state index in [0.717, 1.165) is 21.1 Å². The zero-order valence-corrected chi connectivity index (χ0v) is 15.8. The second-order valence-electron chi connectivity index (χ2n) is 4.99. The lowest BCUT2D eigenvalue weighted by Crippen LogP contribution is -2.38. The summed E-state index contributed by atoms with van der Waals surface area (Å²) >= 11 is 3.38. The van der Waals surface area contributed by atoms with Gasteiger partial charge in [-0.15, -0.1) is 17.0 Å². The lowest BCUT2D eigenvalue weighted by molar-refractivity contribution is -0.657. The van der Waals surface area contributed by atoms with Crippen LogP contribution in [-0.4, -0.2) is 12.9 Å². The number of benzene rings is 2. The topological polar surface area (TPSA) is 30.2 Å². The summed E-state index contributed by atoms with van der Waals surface area (Å²) in [6.45, 7) is 0.311. The third-order valence-corrected chi connectivity index (χ3v) is 4.09. The van der Waals surface area contributed by atoms with Crippen LogP contribution in [0, 0.1) is 0 Å². The van der Waals surface area contributed by atoms with E-state index in [0.29, 0.717) is 12.1 Å². The van der Waals surface area contributed by atoms with Crippen molar-refractivity contribution >= 4 is 49.6 Å². The molecule has 5 heteroatoms. The maximum atomic E-state index is 12.4. The van der Waals surface area contributed by atoms with E-state index in [2.05, 4.69) is 15.9 Å². The number of nitrogens with zero attached hydrogens (tertiary/aromatic N) is 1. The van der Waals surface area contributed by atoms with E-state index in [4.69, 9.17) is 4.74 Å². The van der Waals surface area contributed by atoms with E-state index in [-0.39, 0.29) is 22.8 Å². The molecule has 0 radical (unpaired) electrons. The first-order valence-corrected chi connectivity index (χ1v) is 7.71. The van der Waals surface area contributed by atoms with Crippen LogP contribution in [-0.2, 0) is 6.54 Å². The van der Waals surface area contributed by atoms with Crippen molar-refractivity contribution in [2.24, 2.45) is 0 Å². The SMILES string of the molecule is Br.COc1ccc2c(ccc[n+]2CC(=O)c2ccc(Br)cc2)c1. The Balaban J connectivity index is 0.00000192. The number of halogens is 2. The van der Waals surface area contributed by atoms with Crippen molar-refractivity contribution in [2.75, 3.05) is 7.11 Å². The standard InChI is InChI=1S/C18H15BrNO2.BrH/c1-22-16-8-9-17-14(11-16)3-2-10-20(17)12-18(21)13-4-6-15(19)7-5-13;/h2-11H,12H2,1H3;1H/q+1;. The lowest BCUT2D eigenvalue weighted by atomic mass is 10.1. The minimum Gasteiger partial charge on any atom is -0.497 e. The summed E-state index contributed by atoms with van der Waals surface area (Å²) in [5.41, 5.74) is 1.72. The first kappa shape index (κ1) is 17.6. The van der Waals surface area contributed by atoms with E-state index in [1.54, 1.807) is 7.11 Å². The smallest absolute Gasteiger partial charge is 0.227 e. The second kappa shape index (κ2) is 7.70. The number of carbonyl (C=O) groups excluding carboxylic acids is 1. The van der Waals surface area contributed by atoms with Crippen LogP contribution in [0.3, 0.4) is 0 Å². The molecule has 1 aromatic heterocycles. The van der Waals surface area contributed by atoms with Crippen LogP contribution in [0.25, 0.3) is 10.9 Å². The fourth-order valence-electron chi connectivity index (χ4n) is 2.41. The van der Waals surface area contributed by atoms with Crippen molar-refractivity contribution in [2.45, 2.75) is 6.54 Å². The van der Waals surface area contributed by atoms with Gasteiger partial charge in [0, 0.05) is 22.2 Å². The van der Waals surface area contributed by atoms with Gasteiger partial charge in [0.1, 0.15) is 5.75 Å². The Kier molecular flexibility index (Phi) is 5.91. The summed E-state index contributed by atoms with van der Waals surface area (Å²) in [6, 6.07) is 17.2. The first-order chi connectivity index (χ1) is 10.7. The summed E-state index contributed by atoms with van der Waals surface area (Å²) in [5, 5.41) is 1.05. The molecule has 0 atom stereocenters. The van der Waals surface area contributed by atoms with Crippen LogP contribution in [0.5, 0.6) is 5.75 Å². The highest BCUT2D eigenvalue weighted by Crippen LogP contribution is 2.18. The number of rotatable bonds is 4. The fourth-order valence-corrected chi connectivity index (χ4v) is 2.67. The van der Waals surface area contributed by atoms with Crippen LogP contribution in [0.1, 0.15) is 10.4 Å². The molecule has 0 N–H and O–H groups in total. The molecule has 0 unspecified atom stereocenters. The van der Waals surface area contributed by atoms with Gasteiger partial charge >= 0.3 is 0 Å². The van der Waals surface area contributed by atoms with Gasteiger partial charge in [-0.3, -0.25) is 4.79 Å². The molecule has 0 spiro atoms. The maximum absolute atomic E-state index is 12.4. The molecule has 3 aromatic rings. The summed E-state index contributed by atoms with van der Waals surface area (Å²) in [6.07, 6.45) is 1.92. The van der Waals surface area contributed by atoms with Gasteiger partial charge in [-0.1, -0.05) is 28.1 Å². The molecule has 0 saturated heterocycles. The summed E-state index contributed by atoms with van der Waals surface area (Å²) in [7, 11) is 1.65. The number of Topliss-reactive ketones (excluding diaryl/α,β-unsaturated/α-hetero) is 1. The Morgan fingerprint density at radius 1 is 1.13 bits per heavy atom. The molecule has 0 aliphatic carbocycles. The molecular formula is C18H16Br2NO2+. The molecule has 0 bridgehead atoms. The van der Waals surface area contributed by atoms with Crippen molar-refractivity contribution in [3.05, 3.63) is 70.8 Å².